The normalized spacial score (nSPS) is 15.1. The second kappa shape index (κ2) is 7.67. The number of nitrogens with one attached hydrogen (secondary N) is 2. The predicted octanol–water partition coefficient (Wildman–Crippen LogP) is 2.33. The summed E-state index contributed by atoms with van der Waals surface area (Å²) in [4.78, 5) is 24.3. The lowest BCUT2D eigenvalue weighted by Crippen LogP contribution is -2.48. The van der Waals surface area contributed by atoms with Crippen LogP contribution in [0.25, 0.3) is 11.0 Å². The van der Waals surface area contributed by atoms with Crippen molar-refractivity contribution in [2.24, 2.45) is 0 Å². The van der Waals surface area contributed by atoms with Crippen LogP contribution in [-0.4, -0.2) is 60.6 Å². The van der Waals surface area contributed by atoms with Gasteiger partial charge in [-0.3, -0.25) is 15.0 Å². The summed E-state index contributed by atoms with van der Waals surface area (Å²) < 4.78 is 5.45. The molecule has 7 nitrogen and oxygen atoms in total. The van der Waals surface area contributed by atoms with Gasteiger partial charge < -0.3 is 14.6 Å². The van der Waals surface area contributed by atoms with Crippen LogP contribution in [0.5, 0.6) is 5.75 Å². The quantitative estimate of drug-likeness (QED) is 0.726. The lowest BCUT2D eigenvalue weighted by atomic mass is 10.2. The number of hydrogen-bond acceptors (Lipinski definition) is 5. The van der Waals surface area contributed by atoms with Gasteiger partial charge in [-0.25, -0.2) is 4.98 Å². The van der Waals surface area contributed by atoms with Crippen molar-refractivity contribution in [3.63, 3.8) is 0 Å². The highest BCUT2D eigenvalue weighted by Crippen LogP contribution is 2.28. The Morgan fingerprint density at radius 1 is 1.11 bits per heavy atom. The van der Waals surface area contributed by atoms with Crippen molar-refractivity contribution in [3.8, 4) is 5.75 Å². The van der Waals surface area contributed by atoms with Gasteiger partial charge in [-0.1, -0.05) is 24.3 Å². The molecule has 1 aromatic heterocycles. The Kier molecular flexibility index (Phi) is 4.93. The van der Waals surface area contributed by atoms with E-state index in [0.29, 0.717) is 12.5 Å². The van der Waals surface area contributed by atoms with Crippen LogP contribution in [0.1, 0.15) is 0 Å². The zero-order valence-electron chi connectivity index (χ0n) is 15.3. The highest BCUT2D eigenvalue weighted by Gasteiger charge is 2.21. The lowest BCUT2D eigenvalue weighted by Gasteiger charge is -2.36. The summed E-state index contributed by atoms with van der Waals surface area (Å²) >= 11 is 0. The molecule has 2 heterocycles. The average Bonchev–Trinajstić information content (AvgIpc) is 3.10. The van der Waals surface area contributed by atoms with Gasteiger partial charge >= 0.3 is 0 Å². The first-order valence-corrected chi connectivity index (χ1v) is 9.08. The van der Waals surface area contributed by atoms with E-state index in [-0.39, 0.29) is 5.91 Å². The molecule has 3 aromatic rings. The summed E-state index contributed by atoms with van der Waals surface area (Å²) in [6, 6.07) is 15.8. The van der Waals surface area contributed by atoms with E-state index in [0.717, 1.165) is 48.6 Å². The van der Waals surface area contributed by atoms with Gasteiger partial charge in [0.1, 0.15) is 5.75 Å². The molecule has 0 spiro atoms. The number of ether oxygens (including phenoxy) is 1. The van der Waals surface area contributed by atoms with Crippen LogP contribution in [0.15, 0.2) is 48.5 Å². The molecule has 0 bridgehead atoms. The second-order valence-electron chi connectivity index (χ2n) is 6.59. The summed E-state index contributed by atoms with van der Waals surface area (Å²) in [5, 5.41) is 2.86. The van der Waals surface area contributed by atoms with Crippen molar-refractivity contribution in [1.29, 1.82) is 0 Å². The van der Waals surface area contributed by atoms with E-state index >= 15 is 0 Å². The second-order valence-corrected chi connectivity index (χ2v) is 6.59. The van der Waals surface area contributed by atoms with E-state index in [1.54, 1.807) is 7.11 Å². The molecule has 0 atom stereocenters. The highest BCUT2D eigenvalue weighted by atomic mass is 16.5. The number of fused-ring (bicyclic) bond motifs is 1. The fourth-order valence-electron chi connectivity index (χ4n) is 3.42. The monoisotopic (exact) mass is 365 g/mol. The first-order chi connectivity index (χ1) is 13.2. The molecule has 7 heteroatoms. The van der Waals surface area contributed by atoms with E-state index in [4.69, 9.17) is 4.74 Å². The molecule has 1 fully saturated rings. The minimum atomic E-state index is -0.0557. The van der Waals surface area contributed by atoms with E-state index in [1.165, 1.54) is 0 Å². The maximum absolute atomic E-state index is 12.4. The number of rotatable bonds is 5. The third kappa shape index (κ3) is 3.88. The Labute approximate surface area is 157 Å². The van der Waals surface area contributed by atoms with Gasteiger partial charge in [0.25, 0.3) is 0 Å². The number of H-pyrrole nitrogens is 1. The number of carbonyl (C=O) groups excluding carboxylic acids is 1. The molecule has 1 saturated heterocycles. The Morgan fingerprint density at radius 3 is 2.63 bits per heavy atom. The first kappa shape index (κ1) is 17.4. The number of piperazine rings is 1. The number of hydrogen-bond donors (Lipinski definition) is 2. The number of anilines is 2. The van der Waals surface area contributed by atoms with Crippen LogP contribution in [-0.2, 0) is 4.79 Å². The number of aromatic nitrogens is 2. The van der Waals surface area contributed by atoms with Crippen LogP contribution in [0.4, 0.5) is 11.6 Å². The lowest BCUT2D eigenvalue weighted by molar-refractivity contribution is -0.117. The summed E-state index contributed by atoms with van der Waals surface area (Å²) in [6.45, 7) is 3.73. The molecule has 0 saturated carbocycles. The molecule has 0 unspecified atom stereocenters. The Hall–Kier alpha value is -3.06. The minimum Gasteiger partial charge on any atom is -0.495 e. The van der Waals surface area contributed by atoms with E-state index < -0.39 is 0 Å². The Balaban J connectivity index is 1.31. The third-order valence-corrected chi connectivity index (χ3v) is 4.81. The fraction of sp³-hybridized carbons (Fsp3) is 0.300. The highest BCUT2D eigenvalue weighted by molar-refractivity contribution is 5.92. The Morgan fingerprint density at radius 2 is 1.85 bits per heavy atom. The summed E-state index contributed by atoms with van der Waals surface area (Å²) in [7, 11) is 1.69. The van der Waals surface area contributed by atoms with Gasteiger partial charge in [0.2, 0.25) is 11.9 Å². The number of para-hydroxylation sites is 4. The van der Waals surface area contributed by atoms with Crippen molar-refractivity contribution >= 4 is 28.6 Å². The summed E-state index contributed by atoms with van der Waals surface area (Å²) in [5.41, 5.74) is 2.86. The predicted molar refractivity (Wildman–Crippen MR) is 106 cm³/mol. The maximum atomic E-state index is 12.4. The molecular weight excluding hydrogens is 342 g/mol. The number of imidazole rings is 1. The number of benzene rings is 2. The third-order valence-electron chi connectivity index (χ3n) is 4.81. The Bertz CT molecular complexity index is 898. The van der Waals surface area contributed by atoms with Gasteiger partial charge in [0.05, 0.1) is 30.4 Å². The molecule has 1 aliphatic heterocycles. The van der Waals surface area contributed by atoms with E-state index in [9.17, 15) is 4.79 Å². The number of carbonyl (C=O) groups is 1. The molecule has 27 heavy (non-hydrogen) atoms. The maximum Gasteiger partial charge on any atom is 0.240 e. The fourth-order valence-corrected chi connectivity index (χ4v) is 3.42. The molecule has 2 aromatic carbocycles. The number of nitrogens with zero attached hydrogens (tertiary/aromatic N) is 3. The number of aromatic amines is 1. The molecular formula is C20H23N5O2. The first-order valence-electron chi connectivity index (χ1n) is 9.08. The van der Waals surface area contributed by atoms with Crippen LogP contribution < -0.4 is 15.0 Å². The van der Waals surface area contributed by atoms with E-state index in [1.807, 2.05) is 42.5 Å². The minimum absolute atomic E-state index is 0.0557. The molecule has 1 amide bonds. The number of amides is 1. The van der Waals surface area contributed by atoms with E-state index in [2.05, 4.69) is 31.2 Å². The van der Waals surface area contributed by atoms with Gasteiger partial charge in [0, 0.05) is 26.2 Å². The van der Waals surface area contributed by atoms with Gasteiger partial charge in [-0.15, -0.1) is 0 Å². The molecule has 1 aliphatic rings. The van der Waals surface area contributed by atoms with Gasteiger partial charge in [-0.2, -0.15) is 0 Å². The summed E-state index contributed by atoms with van der Waals surface area (Å²) in [5.74, 6) is 1.32. The molecule has 140 valence electrons. The topological polar surface area (TPSA) is 73.5 Å². The SMILES string of the molecule is COc1ccccc1N1CCN(CC(=O)Nc2nc3ccccc3[nH]2)CC1. The smallest absolute Gasteiger partial charge is 0.240 e. The van der Waals surface area contributed by atoms with Crippen LogP contribution in [0.2, 0.25) is 0 Å². The van der Waals surface area contributed by atoms with Gasteiger partial charge in [-0.05, 0) is 24.3 Å². The molecule has 0 radical (unpaired) electrons. The van der Waals surface area contributed by atoms with Gasteiger partial charge in [0.15, 0.2) is 0 Å². The van der Waals surface area contributed by atoms with Crippen molar-refractivity contribution in [1.82, 2.24) is 14.9 Å². The zero-order valence-corrected chi connectivity index (χ0v) is 15.3. The van der Waals surface area contributed by atoms with Crippen LogP contribution in [0, 0.1) is 0 Å². The van der Waals surface area contributed by atoms with Crippen molar-refractivity contribution < 1.29 is 9.53 Å². The van der Waals surface area contributed by atoms with Crippen molar-refractivity contribution in [2.75, 3.05) is 50.1 Å². The molecule has 2 N–H and O–H groups in total. The van der Waals surface area contributed by atoms with Crippen LogP contribution >= 0.6 is 0 Å². The summed E-state index contributed by atoms with van der Waals surface area (Å²) in [6.07, 6.45) is 0. The van der Waals surface area contributed by atoms with Crippen LogP contribution in [0.3, 0.4) is 0 Å². The molecule has 4 rings (SSSR count). The largest absolute Gasteiger partial charge is 0.495 e. The average molecular weight is 365 g/mol. The standard InChI is InChI=1S/C20H23N5O2/c1-27-18-9-5-4-8-17(18)25-12-10-24(11-13-25)14-19(26)23-20-21-15-6-2-3-7-16(15)22-20/h2-9H,10-14H2,1H3,(H2,21,22,23,26). The number of methoxy groups -OCH3 is 1. The zero-order chi connectivity index (χ0) is 18.6. The van der Waals surface area contributed by atoms with Crippen molar-refractivity contribution in [3.05, 3.63) is 48.5 Å². The van der Waals surface area contributed by atoms with Crippen molar-refractivity contribution in [2.45, 2.75) is 0 Å². The molecule has 0 aliphatic carbocycles.